The Bertz CT molecular complexity index is 1310. The molecule has 0 aliphatic heterocycles. The number of aliphatic hydroxyl groups is 1. The SMILES string of the molecule is Cc1cnc(Nc2ccc3c(c2)CCC2=C4C[C@H](O)C[C@]4(C)CC[C@]23Cc2ccccc2)c(C)n1. The number of nitrogens with one attached hydrogen (secondary N) is 1. The molecule has 3 aliphatic carbocycles. The monoisotopic (exact) mass is 465 g/mol. The molecule has 4 heteroatoms. The van der Waals surface area contributed by atoms with Crippen LogP contribution in [0.25, 0.3) is 0 Å². The van der Waals surface area contributed by atoms with Crippen molar-refractivity contribution in [1.82, 2.24) is 9.97 Å². The molecule has 1 heterocycles. The number of hydrogen-bond donors (Lipinski definition) is 2. The van der Waals surface area contributed by atoms with Gasteiger partial charge >= 0.3 is 0 Å². The van der Waals surface area contributed by atoms with Gasteiger partial charge in [-0.15, -0.1) is 0 Å². The van der Waals surface area contributed by atoms with E-state index in [4.69, 9.17) is 0 Å². The zero-order valence-electron chi connectivity index (χ0n) is 21.1. The number of aromatic nitrogens is 2. The summed E-state index contributed by atoms with van der Waals surface area (Å²) in [6.45, 7) is 6.37. The van der Waals surface area contributed by atoms with Crippen molar-refractivity contribution in [3.63, 3.8) is 0 Å². The molecule has 35 heavy (non-hydrogen) atoms. The first-order valence-corrected chi connectivity index (χ1v) is 13.0. The van der Waals surface area contributed by atoms with Gasteiger partial charge in [0, 0.05) is 11.1 Å². The largest absolute Gasteiger partial charge is 0.393 e. The van der Waals surface area contributed by atoms with Gasteiger partial charge in [0.1, 0.15) is 0 Å². The van der Waals surface area contributed by atoms with Crippen LogP contribution < -0.4 is 5.32 Å². The molecule has 0 amide bonds. The third-order valence-electron chi connectivity index (χ3n) is 8.84. The van der Waals surface area contributed by atoms with E-state index in [0.717, 1.165) is 67.8 Å². The highest BCUT2D eigenvalue weighted by Gasteiger charge is 2.52. The van der Waals surface area contributed by atoms with Crippen LogP contribution in [0, 0.1) is 19.3 Å². The minimum absolute atomic E-state index is 0.0198. The second-order valence-corrected chi connectivity index (χ2v) is 11.3. The fourth-order valence-electron chi connectivity index (χ4n) is 7.25. The van der Waals surface area contributed by atoms with Gasteiger partial charge < -0.3 is 10.4 Å². The fourth-order valence-corrected chi connectivity index (χ4v) is 7.25. The fraction of sp³-hybridized carbons (Fsp3) is 0.419. The van der Waals surface area contributed by atoms with Crippen LogP contribution in [-0.4, -0.2) is 21.2 Å². The molecule has 2 N–H and O–H groups in total. The van der Waals surface area contributed by atoms with Crippen molar-refractivity contribution in [1.29, 1.82) is 0 Å². The van der Waals surface area contributed by atoms with Gasteiger partial charge in [-0.1, -0.05) is 54.5 Å². The van der Waals surface area contributed by atoms with E-state index in [0.29, 0.717) is 0 Å². The number of fused-ring (bicyclic) bond motifs is 4. The van der Waals surface area contributed by atoms with Crippen molar-refractivity contribution in [3.05, 3.63) is 94.0 Å². The summed E-state index contributed by atoms with van der Waals surface area (Å²) in [5, 5.41) is 14.2. The Morgan fingerprint density at radius 3 is 2.66 bits per heavy atom. The summed E-state index contributed by atoms with van der Waals surface area (Å²) in [7, 11) is 0. The second kappa shape index (κ2) is 8.30. The number of nitrogens with zero attached hydrogens (tertiary/aromatic N) is 2. The maximum Gasteiger partial charge on any atom is 0.151 e. The molecular weight excluding hydrogens is 430 g/mol. The lowest BCUT2D eigenvalue weighted by atomic mass is 9.54. The molecule has 3 aliphatic rings. The van der Waals surface area contributed by atoms with E-state index in [1.807, 2.05) is 20.0 Å². The highest BCUT2D eigenvalue weighted by atomic mass is 16.3. The lowest BCUT2D eigenvalue weighted by Crippen LogP contribution is -2.42. The average Bonchev–Trinajstić information content (AvgIpc) is 3.15. The van der Waals surface area contributed by atoms with Crippen LogP contribution in [0.4, 0.5) is 11.5 Å². The third kappa shape index (κ3) is 3.79. The van der Waals surface area contributed by atoms with E-state index < -0.39 is 0 Å². The van der Waals surface area contributed by atoms with Crippen LogP contribution >= 0.6 is 0 Å². The first-order valence-electron chi connectivity index (χ1n) is 13.0. The van der Waals surface area contributed by atoms with Gasteiger partial charge in [-0.25, -0.2) is 4.98 Å². The Morgan fingerprint density at radius 2 is 1.86 bits per heavy atom. The summed E-state index contributed by atoms with van der Waals surface area (Å²) in [5.41, 5.74) is 10.6. The highest BCUT2D eigenvalue weighted by Crippen LogP contribution is 2.60. The molecule has 1 fully saturated rings. The third-order valence-corrected chi connectivity index (χ3v) is 8.84. The molecule has 0 unspecified atom stereocenters. The Labute approximate surface area is 208 Å². The van der Waals surface area contributed by atoms with Gasteiger partial charge in [0.2, 0.25) is 0 Å². The molecule has 1 aromatic heterocycles. The van der Waals surface area contributed by atoms with E-state index in [2.05, 4.69) is 70.7 Å². The van der Waals surface area contributed by atoms with Crippen LogP contribution in [0.15, 0.2) is 65.9 Å². The van der Waals surface area contributed by atoms with Gasteiger partial charge in [0.25, 0.3) is 0 Å². The molecule has 0 spiro atoms. The Morgan fingerprint density at radius 1 is 1.03 bits per heavy atom. The lowest BCUT2D eigenvalue weighted by molar-refractivity contribution is 0.156. The van der Waals surface area contributed by atoms with E-state index >= 15 is 0 Å². The predicted octanol–water partition coefficient (Wildman–Crippen LogP) is 6.52. The van der Waals surface area contributed by atoms with E-state index in [9.17, 15) is 5.11 Å². The highest BCUT2D eigenvalue weighted by molar-refractivity contribution is 5.63. The summed E-state index contributed by atoms with van der Waals surface area (Å²) in [5.74, 6) is 0.821. The molecule has 0 bridgehead atoms. The second-order valence-electron chi connectivity index (χ2n) is 11.3. The van der Waals surface area contributed by atoms with Crippen LogP contribution in [0.3, 0.4) is 0 Å². The summed E-state index contributed by atoms with van der Waals surface area (Å²) in [6.07, 6.45) is 8.84. The molecule has 0 radical (unpaired) electrons. The van der Waals surface area contributed by atoms with Crippen molar-refractivity contribution >= 4 is 11.5 Å². The summed E-state index contributed by atoms with van der Waals surface area (Å²) in [6, 6.07) is 17.9. The van der Waals surface area contributed by atoms with Crippen LogP contribution in [0.1, 0.15) is 67.1 Å². The molecule has 2 aromatic carbocycles. The van der Waals surface area contributed by atoms with Gasteiger partial charge in [-0.05, 0) is 93.0 Å². The molecule has 3 atom stereocenters. The molecule has 180 valence electrons. The first kappa shape index (κ1) is 22.5. The first-order chi connectivity index (χ1) is 16.9. The molecular formula is C31H35N3O. The van der Waals surface area contributed by atoms with Crippen LogP contribution in [0.2, 0.25) is 0 Å². The summed E-state index contributed by atoms with van der Waals surface area (Å²) < 4.78 is 0. The van der Waals surface area contributed by atoms with Gasteiger partial charge in [-0.3, -0.25) is 4.98 Å². The van der Waals surface area contributed by atoms with Gasteiger partial charge in [0.15, 0.2) is 5.82 Å². The number of allylic oxidation sites excluding steroid dienone is 1. The van der Waals surface area contributed by atoms with Crippen molar-refractivity contribution in [2.75, 3.05) is 5.32 Å². The molecule has 1 saturated carbocycles. The Balaban J connectivity index is 1.44. The van der Waals surface area contributed by atoms with Crippen molar-refractivity contribution in [2.24, 2.45) is 5.41 Å². The maximum atomic E-state index is 10.6. The predicted molar refractivity (Wildman–Crippen MR) is 141 cm³/mol. The van der Waals surface area contributed by atoms with Crippen molar-refractivity contribution in [2.45, 2.75) is 77.2 Å². The zero-order valence-corrected chi connectivity index (χ0v) is 21.1. The minimum atomic E-state index is -0.193. The number of rotatable bonds is 4. The summed E-state index contributed by atoms with van der Waals surface area (Å²) in [4.78, 5) is 9.13. The van der Waals surface area contributed by atoms with Gasteiger partial charge in [0.05, 0.1) is 23.7 Å². The average molecular weight is 466 g/mol. The number of aryl methyl sites for hydroxylation is 3. The number of anilines is 2. The molecule has 6 rings (SSSR count). The lowest BCUT2D eigenvalue weighted by Gasteiger charge is -2.50. The molecule has 4 nitrogen and oxygen atoms in total. The van der Waals surface area contributed by atoms with E-state index in [1.165, 1.54) is 16.7 Å². The van der Waals surface area contributed by atoms with Crippen LogP contribution in [-0.2, 0) is 18.3 Å². The Kier molecular flexibility index (Phi) is 5.33. The van der Waals surface area contributed by atoms with Crippen LogP contribution in [0.5, 0.6) is 0 Å². The molecule has 0 saturated heterocycles. The van der Waals surface area contributed by atoms with E-state index in [1.54, 1.807) is 11.1 Å². The summed E-state index contributed by atoms with van der Waals surface area (Å²) >= 11 is 0. The van der Waals surface area contributed by atoms with Crippen molar-refractivity contribution in [3.8, 4) is 0 Å². The minimum Gasteiger partial charge on any atom is -0.393 e. The Hall–Kier alpha value is -2.98. The maximum absolute atomic E-state index is 10.6. The standard InChI is InChI=1S/C31H35N3O/c1-20-19-32-29(21(2)33-20)34-24-10-12-26-23(15-24)9-11-27-28-16-25(35)18-30(28,3)13-14-31(26,27)17-22-7-5-4-6-8-22/h4-8,10,12,15,19,25,35H,9,11,13-14,16-18H2,1-3H3,(H,32,34)/t25-,30-,31+/m0/s1. The molecule has 3 aromatic rings. The number of benzene rings is 2. The number of hydrogen-bond acceptors (Lipinski definition) is 4. The van der Waals surface area contributed by atoms with Crippen molar-refractivity contribution < 1.29 is 5.11 Å². The zero-order chi connectivity index (χ0) is 24.2. The van der Waals surface area contributed by atoms with E-state index in [-0.39, 0.29) is 16.9 Å². The van der Waals surface area contributed by atoms with Gasteiger partial charge in [-0.2, -0.15) is 0 Å². The number of aliphatic hydroxyl groups excluding tert-OH is 1. The topological polar surface area (TPSA) is 58.0 Å². The normalized spacial score (nSPS) is 27.3. The smallest absolute Gasteiger partial charge is 0.151 e. The quantitative estimate of drug-likeness (QED) is 0.431.